The van der Waals surface area contributed by atoms with E-state index in [0.717, 1.165) is 34.6 Å². The molecule has 0 fully saturated rings. The van der Waals surface area contributed by atoms with E-state index in [1.807, 2.05) is 83.6 Å². The molecule has 1 aromatic carbocycles. The van der Waals surface area contributed by atoms with Gasteiger partial charge < -0.3 is 19.5 Å². The summed E-state index contributed by atoms with van der Waals surface area (Å²) < 4.78 is 12.9. The number of Topliss-reactive ketones (excluding diaryl/α,β-unsaturated/α-hetero) is 1. The predicted octanol–water partition coefficient (Wildman–Crippen LogP) is 6.28. The number of rotatable bonds is 7. The van der Waals surface area contributed by atoms with Crippen LogP contribution in [-0.4, -0.2) is 58.8 Å². The highest BCUT2D eigenvalue weighted by Crippen LogP contribution is 2.35. The SMILES string of the molecule is CCn1cc(Nc2nccc(-c3ccc4c(c3)CN(C(=O)OC(C)(C)C)CCC4CC(=O)c3noc(C(C)(C)C)n3)n2)cn1. The van der Waals surface area contributed by atoms with Gasteiger partial charge >= 0.3 is 6.09 Å². The minimum Gasteiger partial charge on any atom is -0.444 e. The Morgan fingerprint density at radius 2 is 1.91 bits per heavy atom. The van der Waals surface area contributed by atoms with E-state index in [1.54, 1.807) is 17.3 Å². The van der Waals surface area contributed by atoms with Crippen LogP contribution in [0.3, 0.4) is 0 Å². The van der Waals surface area contributed by atoms with E-state index in [1.165, 1.54) is 0 Å². The number of benzene rings is 1. The second-order valence-electron chi connectivity index (χ2n) is 13.1. The molecule has 0 spiro atoms. The van der Waals surface area contributed by atoms with Gasteiger partial charge in [0, 0.05) is 49.4 Å². The third-order valence-electron chi connectivity index (χ3n) is 7.26. The first-order valence-corrected chi connectivity index (χ1v) is 14.9. The zero-order chi connectivity index (χ0) is 31.6. The van der Waals surface area contributed by atoms with Crippen LogP contribution in [0.1, 0.15) is 94.9 Å². The Hall–Kier alpha value is -4.61. The smallest absolute Gasteiger partial charge is 0.410 e. The van der Waals surface area contributed by atoms with Gasteiger partial charge in [0.25, 0.3) is 0 Å². The van der Waals surface area contributed by atoms with Gasteiger partial charge in [-0.1, -0.05) is 38.1 Å². The molecular weight excluding hydrogens is 560 g/mol. The normalized spacial score (nSPS) is 15.4. The summed E-state index contributed by atoms with van der Waals surface area (Å²) in [4.78, 5) is 41.7. The Bertz CT molecular complexity index is 1650. The highest BCUT2D eigenvalue weighted by atomic mass is 16.6. The Morgan fingerprint density at radius 1 is 1.11 bits per heavy atom. The van der Waals surface area contributed by atoms with Gasteiger partial charge in [-0.15, -0.1) is 0 Å². The number of nitrogens with zero attached hydrogens (tertiary/aromatic N) is 7. The summed E-state index contributed by atoms with van der Waals surface area (Å²) in [5, 5.41) is 11.5. The van der Waals surface area contributed by atoms with Gasteiger partial charge in [0.1, 0.15) is 5.60 Å². The van der Waals surface area contributed by atoms with E-state index < -0.39 is 11.7 Å². The Labute approximate surface area is 257 Å². The highest BCUT2D eigenvalue weighted by molar-refractivity contribution is 5.93. The average Bonchev–Trinajstić information content (AvgIpc) is 3.60. The first-order valence-electron chi connectivity index (χ1n) is 14.9. The van der Waals surface area contributed by atoms with Gasteiger partial charge in [0.2, 0.25) is 23.4 Å². The molecule has 0 aliphatic carbocycles. The van der Waals surface area contributed by atoms with Crippen molar-refractivity contribution in [1.82, 2.24) is 34.8 Å². The summed E-state index contributed by atoms with van der Waals surface area (Å²) in [5.74, 6) is 0.579. The summed E-state index contributed by atoms with van der Waals surface area (Å²) in [6.07, 6.45) is 5.69. The van der Waals surface area contributed by atoms with Gasteiger partial charge in [-0.25, -0.2) is 14.8 Å². The number of amides is 1. The lowest BCUT2D eigenvalue weighted by molar-refractivity contribution is 0.0235. The van der Waals surface area contributed by atoms with Gasteiger partial charge in [0.15, 0.2) is 0 Å². The lowest BCUT2D eigenvalue weighted by Gasteiger charge is -2.26. The molecule has 12 nitrogen and oxygen atoms in total. The number of fused-ring (bicyclic) bond motifs is 1. The van der Waals surface area contributed by atoms with E-state index in [9.17, 15) is 9.59 Å². The predicted molar refractivity (Wildman–Crippen MR) is 165 cm³/mol. The van der Waals surface area contributed by atoms with Gasteiger partial charge in [-0.05, 0) is 63.3 Å². The molecule has 1 atom stereocenters. The van der Waals surface area contributed by atoms with Crippen LogP contribution in [0.5, 0.6) is 0 Å². The molecular formula is C32H40N8O4. The van der Waals surface area contributed by atoms with Crippen LogP contribution in [0, 0.1) is 0 Å². The number of carbonyl (C=O) groups is 2. The third-order valence-corrected chi connectivity index (χ3v) is 7.26. The fourth-order valence-corrected chi connectivity index (χ4v) is 5.01. The van der Waals surface area contributed by atoms with Crippen LogP contribution in [0.2, 0.25) is 0 Å². The van der Waals surface area contributed by atoms with Crippen molar-refractivity contribution < 1.29 is 18.8 Å². The second kappa shape index (κ2) is 12.2. The van der Waals surface area contributed by atoms with Gasteiger partial charge in [-0.2, -0.15) is 10.1 Å². The summed E-state index contributed by atoms with van der Waals surface area (Å²) >= 11 is 0. The molecule has 1 unspecified atom stereocenters. The van der Waals surface area contributed by atoms with Crippen molar-refractivity contribution >= 4 is 23.5 Å². The van der Waals surface area contributed by atoms with Crippen LogP contribution in [0.25, 0.3) is 11.3 Å². The van der Waals surface area contributed by atoms with Crippen molar-refractivity contribution in [3.63, 3.8) is 0 Å². The third kappa shape index (κ3) is 7.29. The van der Waals surface area contributed by atoms with Crippen molar-refractivity contribution in [3.05, 3.63) is 65.7 Å². The quantitative estimate of drug-likeness (QED) is 0.241. The molecule has 44 heavy (non-hydrogen) atoms. The molecule has 4 aromatic rings. The van der Waals surface area contributed by atoms with E-state index >= 15 is 0 Å². The number of aryl methyl sites for hydroxylation is 1. The van der Waals surface area contributed by atoms with Crippen molar-refractivity contribution in [3.8, 4) is 11.3 Å². The molecule has 5 rings (SSSR count). The van der Waals surface area contributed by atoms with Crippen LogP contribution >= 0.6 is 0 Å². The Balaban J connectivity index is 1.44. The molecule has 12 heteroatoms. The minimum atomic E-state index is -0.634. The summed E-state index contributed by atoms with van der Waals surface area (Å²) in [5.41, 5.74) is 3.29. The molecule has 1 aliphatic heterocycles. The van der Waals surface area contributed by atoms with Crippen molar-refractivity contribution in [1.29, 1.82) is 0 Å². The van der Waals surface area contributed by atoms with Crippen molar-refractivity contribution in [2.45, 2.75) is 91.3 Å². The maximum absolute atomic E-state index is 13.4. The maximum Gasteiger partial charge on any atom is 0.410 e. The summed E-state index contributed by atoms with van der Waals surface area (Å²) in [6.45, 7) is 15.0. The molecule has 4 heterocycles. The molecule has 232 valence electrons. The monoisotopic (exact) mass is 600 g/mol. The number of aromatic nitrogens is 6. The standard InChI is InChI=1S/C32H40N8O4/c1-8-40-19-23(17-34-40)35-29-33-13-11-25(36-29)21-9-10-24-20(16-26(41)27-37-28(44-38-27)31(2,3)4)12-14-39(18-22(24)15-21)30(42)43-32(5,6)7/h9-11,13,15,17,19-20H,8,12,14,16,18H2,1-7H3,(H,33,35,36). The van der Waals surface area contributed by atoms with Gasteiger partial charge in [-0.3, -0.25) is 9.48 Å². The lowest BCUT2D eigenvalue weighted by Crippen LogP contribution is -2.36. The van der Waals surface area contributed by atoms with E-state index in [0.29, 0.717) is 31.3 Å². The Morgan fingerprint density at radius 3 is 2.59 bits per heavy atom. The number of ketones is 1. The Kier molecular flexibility index (Phi) is 8.53. The fraction of sp³-hybridized carbons (Fsp3) is 0.469. The average molecular weight is 601 g/mol. The first-order chi connectivity index (χ1) is 20.8. The molecule has 1 aliphatic rings. The topological polar surface area (TPSA) is 141 Å². The molecule has 0 saturated heterocycles. The van der Waals surface area contributed by atoms with Crippen LogP contribution in [0.15, 0.2) is 47.4 Å². The molecule has 1 N–H and O–H groups in total. The fourth-order valence-electron chi connectivity index (χ4n) is 5.01. The number of nitrogens with one attached hydrogen (secondary N) is 1. The minimum absolute atomic E-state index is 0.0758. The molecule has 0 saturated carbocycles. The number of anilines is 2. The first kappa shape index (κ1) is 30.8. The summed E-state index contributed by atoms with van der Waals surface area (Å²) in [6, 6.07) is 7.89. The lowest BCUT2D eigenvalue weighted by atomic mass is 9.87. The number of hydrogen-bond donors (Lipinski definition) is 1. The van der Waals surface area contributed by atoms with Crippen LogP contribution < -0.4 is 5.32 Å². The zero-order valence-corrected chi connectivity index (χ0v) is 26.4. The molecule has 1 amide bonds. The second-order valence-corrected chi connectivity index (χ2v) is 13.1. The zero-order valence-electron chi connectivity index (χ0n) is 26.4. The highest BCUT2D eigenvalue weighted by Gasteiger charge is 2.31. The number of carbonyl (C=O) groups excluding carboxylic acids is 2. The molecule has 0 bridgehead atoms. The molecule has 0 radical (unpaired) electrons. The number of hydrogen-bond acceptors (Lipinski definition) is 10. The van der Waals surface area contributed by atoms with Crippen molar-refractivity contribution in [2.24, 2.45) is 0 Å². The van der Waals surface area contributed by atoms with Crippen LogP contribution in [0.4, 0.5) is 16.4 Å². The van der Waals surface area contributed by atoms with Gasteiger partial charge in [0.05, 0.1) is 17.6 Å². The van der Waals surface area contributed by atoms with E-state index in [-0.39, 0.29) is 29.4 Å². The van der Waals surface area contributed by atoms with E-state index in [2.05, 4.69) is 25.5 Å². The van der Waals surface area contributed by atoms with E-state index in [4.69, 9.17) is 14.2 Å². The van der Waals surface area contributed by atoms with Crippen LogP contribution in [-0.2, 0) is 23.2 Å². The maximum atomic E-state index is 13.4. The largest absolute Gasteiger partial charge is 0.444 e. The summed E-state index contributed by atoms with van der Waals surface area (Å²) in [7, 11) is 0. The number of ether oxygens (including phenoxy) is 1. The van der Waals surface area contributed by atoms with Crippen molar-refractivity contribution in [2.75, 3.05) is 11.9 Å². The molecule has 3 aromatic heterocycles.